The lowest BCUT2D eigenvalue weighted by atomic mass is 9.79. The van der Waals surface area contributed by atoms with Crippen molar-refractivity contribution in [3.05, 3.63) is 24.4 Å². The number of aliphatic hydroxyl groups is 1. The summed E-state index contributed by atoms with van der Waals surface area (Å²) in [6, 6.07) is 5.91. The number of hydrogen-bond donors (Lipinski definition) is 3. The molecule has 8 nitrogen and oxygen atoms in total. The molecule has 1 aromatic heterocycles. The molecule has 1 aliphatic heterocycles. The predicted octanol–water partition coefficient (Wildman–Crippen LogP) is 2.48. The fourth-order valence-electron chi connectivity index (χ4n) is 3.90. The van der Waals surface area contributed by atoms with E-state index in [1.807, 2.05) is 30.0 Å². The highest BCUT2D eigenvalue weighted by atomic mass is 127. The molecular formula is C23H41IN6O2. The van der Waals surface area contributed by atoms with Crippen LogP contribution in [0.15, 0.2) is 29.4 Å². The van der Waals surface area contributed by atoms with Crippen LogP contribution in [0.2, 0.25) is 0 Å². The zero-order valence-corrected chi connectivity index (χ0v) is 22.2. The molecule has 1 fully saturated rings. The van der Waals surface area contributed by atoms with Gasteiger partial charge in [0.2, 0.25) is 5.91 Å². The molecule has 2 heterocycles. The van der Waals surface area contributed by atoms with E-state index in [0.29, 0.717) is 19.5 Å². The number of guanidine groups is 1. The molecule has 2 rings (SSSR count). The zero-order valence-electron chi connectivity index (χ0n) is 19.8. The number of pyridine rings is 1. The van der Waals surface area contributed by atoms with E-state index in [4.69, 9.17) is 4.99 Å². The Bertz CT molecular complexity index is 676. The van der Waals surface area contributed by atoms with Crippen LogP contribution in [0.25, 0.3) is 0 Å². The van der Waals surface area contributed by atoms with Gasteiger partial charge in [-0.05, 0) is 43.7 Å². The summed E-state index contributed by atoms with van der Waals surface area (Å²) in [5.41, 5.74) is 0.0280. The lowest BCUT2D eigenvalue weighted by Crippen LogP contribution is -2.49. The summed E-state index contributed by atoms with van der Waals surface area (Å²) in [4.78, 5) is 25.9. The van der Waals surface area contributed by atoms with Gasteiger partial charge in [-0.1, -0.05) is 19.9 Å². The van der Waals surface area contributed by atoms with Gasteiger partial charge in [-0.3, -0.25) is 9.79 Å². The van der Waals surface area contributed by atoms with E-state index in [2.05, 4.69) is 34.4 Å². The molecule has 3 N–H and O–H groups in total. The van der Waals surface area contributed by atoms with Gasteiger partial charge in [0, 0.05) is 65.0 Å². The number of nitrogens with zero attached hydrogens (tertiary/aromatic N) is 4. The van der Waals surface area contributed by atoms with Crippen LogP contribution in [0.1, 0.15) is 46.5 Å². The molecule has 9 heteroatoms. The molecule has 0 atom stereocenters. The van der Waals surface area contributed by atoms with Crippen molar-refractivity contribution in [2.24, 2.45) is 10.4 Å². The van der Waals surface area contributed by atoms with Crippen molar-refractivity contribution in [2.45, 2.75) is 46.5 Å². The molecule has 0 bridgehead atoms. The number of amides is 1. The molecule has 0 unspecified atom stereocenters. The molecule has 182 valence electrons. The maximum atomic E-state index is 12.6. The first-order valence-electron chi connectivity index (χ1n) is 11.6. The van der Waals surface area contributed by atoms with Gasteiger partial charge < -0.3 is 25.5 Å². The highest BCUT2D eigenvalue weighted by molar-refractivity contribution is 14.0. The Labute approximate surface area is 210 Å². The van der Waals surface area contributed by atoms with Gasteiger partial charge in [0.15, 0.2) is 5.96 Å². The maximum Gasteiger partial charge on any atom is 0.224 e. The number of nitrogens with one attached hydrogen (secondary N) is 2. The second-order valence-corrected chi connectivity index (χ2v) is 8.11. The largest absolute Gasteiger partial charge is 0.396 e. The molecule has 1 aromatic rings. The number of aliphatic hydroxyl groups excluding tert-OH is 1. The summed E-state index contributed by atoms with van der Waals surface area (Å²) in [5.74, 6) is 1.87. The molecule has 0 aliphatic carbocycles. The van der Waals surface area contributed by atoms with Crippen molar-refractivity contribution in [3.8, 4) is 0 Å². The first-order chi connectivity index (χ1) is 15.1. The van der Waals surface area contributed by atoms with E-state index in [1.165, 1.54) is 0 Å². The summed E-state index contributed by atoms with van der Waals surface area (Å²) in [6.45, 7) is 11.6. The van der Waals surface area contributed by atoms with E-state index < -0.39 is 0 Å². The average Bonchev–Trinajstić information content (AvgIpc) is 2.82. The Morgan fingerprint density at radius 3 is 2.44 bits per heavy atom. The van der Waals surface area contributed by atoms with Gasteiger partial charge in [-0.2, -0.15) is 0 Å². The number of anilines is 1. The Kier molecular flexibility index (Phi) is 13.5. The maximum absolute atomic E-state index is 12.6. The first kappa shape index (κ1) is 28.4. The van der Waals surface area contributed by atoms with Crippen molar-refractivity contribution in [2.75, 3.05) is 57.3 Å². The van der Waals surface area contributed by atoms with Crippen LogP contribution in [0.4, 0.5) is 5.82 Å². The Balaban J connectivity index is 0.00000512. The van der Waals surface area contributed by atoms with Gasteiger partial charge in [-0.15, -0.1) is 24.0 Å². The molecule has 0 spiro atoms. The molecule has 0 saturated carbocycles. The zero-order chi connectivity index (χ0) is 22.5. The van der Waals surface area contributed by atoms with E-state index in [1.54, 1.807) is 6.20 Å². The Hall–Kier alpha value is -1.62. The lowest BCUT2D eigenvalue weighted by Gasteiger charge is -2.35. The fraction of sp³-hybridized carbons (Fsp3) is 0.696. The third kappa shape index (κ3) is 8.73. The van der Waals surface area contributed by atoms with Crippen molar-refractivity contribution in [1.29, 1.82) is 0 Å². The van der Waals surface area contributed by atoms with Crippen LogP contribution in [0.5, 0.6) is 0 Å². The van der Waals surface area contributed by atoms with Gasteiger partial charge in [0.25, 0.3) is 0 Å². The van der Waals surface area contributed by atoms with E-state index in [9.17, 15) is 9.90 Å². The predicted molar refractivity (Wildman–Crippen MR) is 142 cm³/mol. The number of halogens is 1. The first-order valence-corrected chi connectivity index (χ1v) is 11.6. The third-order valence-electron chi connectivity index (χ3n) is 6.30. The van der Waals surface area contributed by atoms with Crippen molar-refractivity contribution < 1.29 is 9.90 Å². The van der Waals surface area contributed by atoms with Gasteiger partial charge in [-0.25, -0.2) is 4.98 Å². The number of carbonyl (C=O) groups excluding carboxylic acids is 1. The number of aliphatic imine (C=N–C) groups is 1. The van der Waals surface area contributed by atoms with E-state index in [0.717, 1.165) is 63.8 Å². The van der Waals surface area contributed by atoms with Crippen LogP contribution in [0.3, 0.4) is 0 Å². The second-order valence-electron chi connectivity index (χ2n) is 8.11. The fourth-order valence-corrected chi connectivity index (χ4v) is 3.90. The normalized spacial score (nSPS) is 14.7. The standard InChI is InChI=1S/C23H40N6O2.HI/c1-4-23(5-2,11-18-30)19-27-22(24-6-3)26-13-10-21(31)29-16-14-28(15-17-29)20-9-7-8-12-25-20;/h7-9,12,30H,4-6,10-11,13-19H2,1-3H3,(H2,24,26,27);1H. The lowest BCUT2D eigenvalue weighted by molar-refractivity contribution is -0.131. The number of piperazine rings is 1. The highest BCUT2D eigenvalue weighted by Crippen LogP contribution is 2.30. The van der Waals surface area contributed by atoms with E-state index >= 15 is 0 Å². The second kappa shape index (κ2) is 15.3. The number of carbonyl (C=O) groups is 1. The average molecular weight is 561 g/mol. The van der Waals surface area contributed by atoms with Crippen LogP contribution in [-0.4, -0.2) is 79.3 Å². The highest BCUT2D eigenvalue weighted by Gasteiger charge is 2.25. The summed E-state index contributed by atoms with van der Waals surface area (Å²) in [6.07, 6.45) is 4.96. The van der Waals surface area contributed by atoms with Crippen molar-refractivity contribution in [3.63, 3.8) is 0 Å². The molecule has 1 aliphatic rings. The Morgan fingerprint density at radius 1 is 1.16 bits per heavy atom. The van der Waals surface area contributed by atoms with Crippen LogP contribution in [0, 0.1) is 5.41 Å². The smallest absolute Gasteiger partial charge is 0.224 e. The van der Waals surface area contributed by atoms with Gasteiger partial charge >= 0.3 is 0 Å². The molecule has 1 amide bonds. The molecule has 0 aromatic carbocycles. The summed E-state index contributed by atoms with van der Waals surface area (Å²) in [7, 11) is 0. The van der Waals surface area contributed by atoms with Crippen LogP contribution in [-0.2, 0) is 4.79 Å². The van der Waals surface area contributed by atoms with Crippen LogP contribution >= 0.6 is 24.0 Å². The van der Waals surface area contributed by atoms with Crippen LogP contribution < -0.4 is 15.5 Å². The SMILES string of the molecule is CCNC(=NCC(CC)(CC)CCO)NCCC(=O)N1CCN(c2ccccn2)CC1.I. The van der Waals surface area contributed by atoms with Crippen molar-refractivity contribution >= 4 is 41.7 Å². The summed E-state index contributed by atoms with van der Waals surface area (Å²) < 4.78 is 0. The number of aromatic nitrogens is 1. The van der Waals surface area contributed by atoms with Crippen molar-refractivity contribution in [1.82, 2.24) is 20.5 Å². The minimum Gasteiger partial charge on any atom is -0.396 e. The summed E-state index contributed by atoms with van der Waals surface area (Å²) in [5, 5.41) is 16.0. The number of rotatable bonds is 11. The quantitative estimate of drug-likeness (QED) is 0.219. The monoisotopic (exact) mass is 560 g/mol. The molecule has 32 heavy (non-hydrogen) atoms. The van der Waals surface area contributed by atoms with Gasteiger partial charge in [0.1, 0.15) is 5.82 Å². The Morgan fingerprint density at radius 2 is 1.88 bits per heavy atom. The number of hydrogen-bond acceptors (Lipinski definition) is 5. The minimum atomic E-state index is 0. The topological polar surface area (TPSA) is 93.1 Å². The van der Waals surface area contributed by atoms with E-state index in [-0.39, 0.29) is 41.9 Å². The molecule has 0 radical (unpaired) electrons. The van der Waals surface area contributed by atoms with Gasteiger partial charge in [0.05, 0.1) is 0 Å². The molecule has 1 saturated heterocycles. The molecular weight excluding hydrogens is 519 g/mol. The summed E-state index contributed by atoms with van der Waals surface area (Å²) >= 11 is 0. The minimum absolute atomic E-state index is 0. The third-order valence-corrected chi connectivity index (χ3v) is 6.30.